The van der Waals surface area contributed by atoms with Crippen LogP contribution < -0.4 is 5.32 Å². The molecule has 0 radical (unpaired) electrons. The third kappa shape index (κ3) is 2.12. The van der Waals surface area contributed by atoms with Gasteiger partial charge in [-0.2, -0.15) is 0 Å². The van der Waals surface area contributed by atoms with E-state index < -0.39 is 0 Å². The fourth-order valence-electron chi connectivity index (χ4n) is 1.15. The van der Waals surface area contributed by atoms with Gasteiger partial charge in [0.05, 0.1) is 0 Å². The normalized spacial score (nSPS) is 17.8. The predicted molar refractivity (Wildman–Crippen MR) is 43.9 cm³/mol. The molecule has 1 saturated carbocycles. The number of nitrogens with zero attached hydrogens (tertiary/aromatic N) is 1. The van der Waals surface area contributed by atoms with Gasteiger partial charge in [0.2, 0.25) is 0 Å². The maximum absolute atomic E-state index is 3.72. The second kappa shape index (κ2) is 3.74. The quantitative estimate of drug-likeness (QED) is 0.449. The molecule has 2 heteroatoms. The Labute approximate surface area is 62.9 Å². The summed E-state index contributed by atoms with van der Waals surface area (Å²) in [5.74, 6) is 0. The molecule has 1 fully saturated rings. The molecule has 0 amide bonds. The Kier molecular flexibility index (Phi) is 2.90. The summed E-state index contributed by atoms with van der Waals surface area (Å²) < 4.78 is 0. The zero-order valence-electron chi connectivity index (χ0n) is 6.64. The topological polar surface area (TPSA) is 15.3 Å². The molecule has 0 saturated heterocycles. The molecule has 0 aromatic rings. The van der Waals surface area contributed by atoms with Crippen molar-refractivity contribution in [3.8, 4) is 0 Å². The number of rotatable bonds is 5. The van der Waals surface area contributed by atoms with Crippen molar-refractivity contribution in [3.05, 3.63) is 12.7 Å². The molecule has 58 valence electrons. The van der Waals surface area contributed by atoms with Crippen LogP contribution in [0.3, 0.4) is 0 Å². The van der Waals surface area contributed by atoms with E-state index in [1.54, 1.807) is 0 Å². The summed E-state index contributed by atoms with van der Waals surface area (Å²) in [5, 5.41) is 3.15. The fraction of sp³-hybridized carbons (Fsp3) is 0.750. The third-order valence-electron chi connectivity index (χ3n) is 1.79. The van der Waals surface area contributed by atoms with Crippen LogP contribution in [0.4, 0.5) is 0 Å². The summed E-state index contributed by atoms with van der Waals surface area (Å²) in [4.78, 5) is 2.41. The number of hydrogen-bond donors (Lipinski definition) is 1. The molecule has 10 heavy (non-hydrogen) atoms. The smallest absolute Gasteiger partial charge is 0.0483 e. The maximum atomic E-state index is 3.72. The van der Waals surface area contributed by atoms with Gasteiger partial charge in [-0.25, -0.2) is 0 Å². The van der Waals surface area contributed by atoms with Crippen LogP contribution in [0, 0.1) is 0 Å². The van der Waals surface area contributed by atoms with Crippen LogP contribution >= 0.6 is 0 Å². The predicted octanol–water partition coefficient (Wildman–Crippen LogP) is 0.814. The van der Waals surface area contributed by atoms with Crippen LogP contribution in [0.25, 0.3) is 0 Å². The molecule has 0 aliphatic heterocycles. The van der Waals surface area contributed by atoms with Gasteiger partial charge in [0.25, 0.3) is 0 Å². The van der Waals surface area contributed by atoms with E-state index in [9.17, 15) is 0 Å². The van der Waals surface area contributed by atoms with Crippen LogP contribution in [0.2, 0.25) is 0 Å². The van der Waals surface area contributed by atoms with E-state index in [2.05, 4.69) is 16.8 Å². The highest BCUT2D eigenvalue weighted by Crippen LogP contribution is 2.25. The Balaban J connectivity index is 2.19. The lowest BCUT2D eigenvalue weighted by molar-refractivity contribution is 0.277. The lowest BCUT2D eigenvalue weighted by atomic mass is 10.5. The lowest BCUT2D eigenvalue weighted by Gasteiger charge is -2.18. The Morgan fingerprint density at radius 3 is 2.80 bits per heavy atom. The zero-order chi connectivity index (χ0) is 7.40. The van der Waals surface area contributed by atoms with E-state index >= 15 is 0 Å². The van der Waals surface area contributed by atoms with Crippen molar-refractivity contribution in [1.82, 2.24) is 10.2 Å². The van der Waals surface area contributed by atoms with E-state index in [0.29, 0.717) is 0 Å². The van der Waals surface area contributed by atoms with Crippen molar-refractivity contribution < 1.29 is 0 Å². The molecule has 0 unspecified atom stereocenters. The molecular weight excluding hydrogens is 124 g/mol. The molecule has 2 nitrogen and oxygen atoms in total. The van der Waals surface area contributed by atoms with E-state index in [-0.39, 0.29) is 0 Å². The van der Waals surface area contributed by atoms with Gasteiger partial charge < -0.3 is 5.32 Å². The fourth-order valence-corrected chi connectivity index (χ4v) is 1.15. The molecule has 0 atom stereocenters. The van der Waals surface area contributed by atoms with Crippen molar-refractivity contribution in [2.75, 3.05) is 20.3 Å². The van der Waals surface area contributed by atoms with E-state index in [4.69, 9.17) is 0 Å². The first kappa shape index (κ1) is 7.76. The van der Waals surface area contributed by atoms with Gasteiger partial charge in [-0.15, -0.1) is 6.58 Å². The molecule has 1 aliphatic rings. The summed E-state index contributed by atoms with van der Waals surface area (Å²) >= 11 is 0. The van der Waals surface area contributed by atoms with Gasteiger partial charge >= 0.3 is 0 Å². The van der Waals surface area contributed by atoms with Gasteiger partial charge in [0.1, 0.15) is 0 Å². The van der Waals surface area contributed by atoms with Crippen LogP contribution in [0.5, 0.6) is 0 Å². The molecule has 0 aromatic carbocycles. The Morgan fingerprint density at radius 1 is 1.70 bits per heavy atom. The largest absolute Gasteiger partial charge is 0.307 e. The highest BCUT2D eigenvalue weighted by molar-refractivity contribution is 4.87. The van der Waals surface area contributed by atoms with Gasteiger partial charge in [-0.3, -0.25) is 4.90 Å². The van der Waals surface area contributed by atoms with Gasteiger partial charge in [-0.05, 0) is 19.9 Å². The minimum atomic E-state index is 0.838. The Bertz CT molecular complexity index is 108. The van der Waals surface area contributed by atoms with E-state index in [0.717, 1.165) is 19.3 Å². The zero-order valence-corrected chi connectivity index (χ0v) is 6.64. The van der Waals surface area contributed by atoms with Crippen molar-refractivity contribution in [1.29, 1.82) is 0 Å². The average molecular weight is 140 g/mol. The SMILES string of the molecule is C=CCN(CNC)C1CC1. The van der Waals surface area contributed by atoms with Gasteiger partial charge in [0, 0.05) is 19.3 Å². The minimum absolute atomic E-state index is 0.838. The van der Waals surface area contributed by atoms with Crippen molar-refractivity contribution >= 4 is 0 Å². The van der Waals surface area contributed by atoms with Gasteiger partial charge in [0.15, 0.2) is 0 Å². The second-order valence-electron chi connectivity index (χ2n) is 2.80. The highest BCUT2D eigenvalue weighted by atomic mass is 15.2. The van der Waals surface area contributed by atoms with Crippen LogP contribution in [0.1, 0.15) is 12.8 Å². The Morgan fingerprint density at radius 2 is 2.40 bits per heavy atom. The number of nitrogens with one attached hydrogen (secondary N) is 1. The summed E-state index contributed by atoms with van der Waals surface area (Å²) in [7, 11) is 1.98. The first-order valence-electron chi connectivity index (χ1n) is 3.88. The van der Waals surface area contributed by atoms with E-state index in [1.165, 1.54) is 12.8 Å². The highest BCUT2D eigenvalue weighted by Gasteiger charge is 2.27. The lowest BCUT2D eigenvalue weighted by Crippen LogP contribution is -2.34. The molecule has 1 rings (SSSR count). The average Bonchev–Trinajstić information content (AvgIpc) is 2.69. The second-order valence-corrected chi connectivity index (χ2v) is 2.80. The third-order valence-corrected chi connectivity index (χ3v) is 1.79. The van der Waals surface area contributed by atoms with Gasteiger partial charge in [-0.1, -0.05) is 6.08 Å². The summed E-state index contributed by atoms with van der Waals surface area (Å²) in [6, 6.07) is 0.838. The van der Waals surface area contributed by atoms with Crippen molar-refractivity contribution in [3.63, 3.8) is 0 Å². The molecule has 1 aliphatic carbocycles. The van der Waals surface area contributed by atoms with Crippen LogP contribution in [-0.4, -0.2) is 31.2 Å². The minimum Gasteiger partial charge on any atom is -0.307 e. The Hall–Kier alpha value is -0.340. The summed E-state index contributed by atoms with van der Waals surface area (Å²) in [5.41, 5.74) is 0. The molecule has 0 heterocycles. The summed E-state index contributed by atoms with van der Waals surface area (Å²) in [6.07, 6.45) is 4.71. The molecule has 0 spiro atoms. The summed E-state index contributed by atoms with van der Waals surface area (Å²) in [6.45, 7) is 5.74. The molecule has 0 aromatic heterocycles. The standard InChI is InChI=1S/C8H16N2/c1-3-6-10(7-9-2)8-4-5-8/h3,8-9H,1,4-7H2,2H3. The first-order valence-corrected chi connectivity index (χ1v) is 3.88. The molecular formula is C8H16N2. The first-order chi connectivity index (χ1) is 4.88. The molecule has 1 N–H and O–H groups in total. The van der Waals surface area contributed by atoms with Crippen molar-refractivity contribution in [2.24, 2.45) is 0 Å². The molecule has 0 bridgehead atoms. The van der Waals surface area contributed by atoms with Crippen LogP contribution in [0.15, 0.2) is 12.7 Å². The maximum Gasteiger partial charge on any atom is 0.0483 e. The number of hydrogen-bond acceptors (Lipinski definition) is 2. The monoisotopic (exact) mass is 140 g/mol. The van der Waals surface area contributed by atoms with Crippen LogP contribution in [-0.2, 0) is 0 Å². The van der Waals surface area contributed by atoms with Crippen molar-refractivity contribution in [2.45, 2.75) is 18.9 Å². The van der Waals surface area contributed by atoms with E-state index in [1.807, 2.05) is 13.1 Å².